The van der Waals surface area contributed by atoms with Crippen molar-refractivity contribution in [1.29, 1.82) is 0 Å². The molecule has 0 aliphatic heterocycles. The Morgan fingerprint density at radius 2 is 1.69 bits per heavy atom. The highest BCUT2D eigenvalue weighted by molar-refractivity contribution is 5.34. The number of hydrogen-bond donors (Lipinski definition) is 0. The first-order chi connectivity index (χ1) is 7.47. The molecule has 84 valence electrons. The first-order valence-corrected chi connectivity index (χ1v) is 5.59. The monoisotopic (exact) mass is 214 g/mol. The van der Waals surface area contributed by atoms with Crippen LogP contribution in [-0.4, -0.2) is 9.78 Å². The molecule has 0 saturated carbocycles. The third kappa shape index (κ3) is 2.16. The van der Waals surface area contributed by atoms with E-state index in [1.165, 1.54) is 11.1 Å². The Bertz CT molecular complexity index is 472. The molecule has 2 nitrogen and oxygen atoms in total. The van der Waals surface area contributed by atoms with Gasteiger partial charge in [0.25, 0.3) is 0 Å². The molecule has 0 N–H and O–H groups in total. The van der Waals surface area contributed by atoms with Gasteiger partial charge >= 0.3 is 0 Å². The Hall–Kier alpha value is -1.57. The van der Waals surface area contributed by atoms with E-state index in [1.54, 1.807) is 0 Å². The van der Waals surface area contributed by atoms with E-state index in [2.05, 4.69) is 63.3 Å². The second-order valence-electron chi connectivity index (χ2n) is 5.26. The van der Waals surface area contributed by atoms with Gasteiger partial charge in [0.15, 0.2) is 0 Å². The van der Waals surface area contributed by atoms with Gasteiger partial charge in [-0.05, 0) is 30.0 Å². The minimum atomic E-state index is 0.156. The normalized spacial score (nSPS) is 11.8. The summed E-state index contributed by atoms with van der Waals surface area (Å²) in [6, 6.07) is 8.39. The van der Waals surface area contributed by atoms with E-state index in [4.69, 9.17) is 0 Å². The summed E-state index contributed by atoms with van der Waals surface area (Å²) in [5.74, 6) is 0. The van der Waals surface area contributed by atoms with Gasteiger partial charge in [0.1, 0.15) is 0 Å². The standard InChI is InChI=1S/C14H18N2/c1-11-5-7-13(8-6-11)16-10-12(9-15-16)14(2,3)4/h5-10H,1-4H3. The zero-order valence-corrected chi connectivity index (χ0v) is 10.4. The van der Waals surface area contributed by atoms with E-state index in [9.17, 15) is 0 Å². The Labute approximate surface area is 96.9 Å². The number of benzene rings is 1. The molecular formula is C14H18N2. The first kappa shape index (κ1) is 10.9. The molecule has 1 heterocycles. The zero-order valence-electron chi connectivity index (χ0n) is 10.4. The van der Waals surface area contributed by atoms with Crippen molar-refractivity contribution >= 4 is 0 Å². The quantitative estimate of drug-likeness (QED) is 0.710. The average Bonchev–Trinajstić information content (AvgIpc) is 2.67. The molecular weight excluding hydrogens is 196 g/mol. The summed E-state index contributed by atoms with van der Waals surface area (Å²) in [6.45, 7) is 8.68. The smallest absolute Gasteiger partial charge is 0.0645 e. The van der Waals surface area contributed by atoms with Gasteiger partial charge in [-0.25, -0.2) is 4.68 Å². The lowest BCUT2D eigenvalue weighted by Gasteiger charge is -2.15. The van der Waals surface area contributed by atoms with Crippen molar-refractivity contribution in [2.24, 2.45) is 0 Å². The summed E-state index contributed by atoms with van der Waals surface area (Å²) < 4.78 is 1.93. The van der Waals surface area contributed by atoms with Crippen LogP contribution in [0.2, 0.25) is 0 Å². The number of aryl methyl sites for hydroxylation is 1. The van der Waals surface area contributed by atoms with E-state index in [0.717, 1.165) is 5.69 Å². The van der Waals surface area contributed by atoms with Crippen molar-refractivity contribution in [2.45, 2.75) is 33.1 Å². The zero-order chi connectivity index (χ0) is 11.8. The number of rotatable bonds is 1. The van der Waals surface area contributed by atoms with Crippen LogP contribution in [0.4, 0.5) is 0 Å². The average molecular weight is 214 g/mol. The topological polar surface area (TPSA) is 17.8 Å². The first-order valence-electron chi connectivity index (χ1n) is 5.59. The summed E-state index contributed by atoms with van der Waals surface area (Å²) >= 11 is 0. The van der Waals surface area contributed by atoms with Crippen LogP contribution in [0.15, 0.2) is 36.7 Å². The predicted molar refractivity (Wildman–Crippen MR) is 67.0 cm³/mol. The Balaban J connectivity index is 2.35. The molecule has 0 spiro atoms. The number of hydrogen-bond acceptors (Lipinski definition) is 1. The fourth-order valence-corrected chi connectivity index (χ4v) is 1.55. The molecule has 2 rings (SSSR count). The van der Waals surface area contributed by atoms with Crippen molar-refractivity contribution in [1.82, 2.24) is 9.78 Å². The molecule has 0 amide bonds. The molecule has 0 fully saturated rings. The molecule has 1 aromatic carbocycles. The summed E-state index contributed by atoms with van der Waals surface area (Å²) in [6.07, 6.45) is 4.05. The van der Waals surface area contributed by atoms with Gasteiger partial charge in [-0.3, -0.25) is 0 Å². The van der Waals surface area contributed by atoms with Crippen molar-refractivity contribution in [3.05, 3.63) is 47.8 Å². The third-order valence-electron chi connectivity index (χ3n) is 2.75. The van der Waals surface area contributed by atoms with Gasteiger partial charge in [-0.15, -0.1) is 0 Å². The predicted octanol–water partition coefficient (Wildman–Crippen LogP) is 3.48. The van der Waals surface area contributed by atoms with Gasteiger partial charge in [0, 0.05) is 6.20 Å². The SMILES string of the molecule is Cc1ccc(-n2cc(C(C)(C)C)cn2)cc1. The molecule has 0 radical (unpaired) electrons. The molecule has 2 aromatic rings. The summed E-state index contributed by atoms with van der Waals surface area (Å²) in [5, 5.41) is 4.40. The Morgan fingerprint density at radius 1 is 1.06 bits per heavy atom. The maximum atomic E-state index is 4.40. The Kier molecular flexibility index (Phi) is 2.58. The van der Waals surface area contributed by atoms with Gasteiger partial charge in [-0.1, -0.05) is 38.5 Å². The van der Waals surface area contributed by atoms with Gasteiger partial charge in [0.05, 0.1) is 11.9 Å². The van der Waals surface area contributed by atoms with Crippen LogP contribution in [0.3, 0.4) is 0 Å². The molecule has 2 heteroatoms. The van der Waals surface area contributed by atoms with Crippen molar-refractivity contribution in [3.63, 3.8) is 0 Å². The molecule has 1 aromatic heterocycles. The third-order valence-corrected chi connectivity index (χ3v) is 2.75. The molecule has 0 aliphatic carbocycles. The van der Waals surface area contributed by atoms with Crippen LogP contribution in [0.5, 0.6) is 0 Å². The summed E-state index contributed by atoms with van der Waals surface area (Å²) in [7, 11) is 0. The fourth-order valence-electron chi connectivity index (χ4n) is 1.55. The second kappa shape index (κ2) is 3.78. The van der Waals surface area contributed by atoms with Crippen molar-refractivity contribution in [3.8, 4) is 5.69 Å². The second-order valence-corrected chi connectivity index (χ2v) is 5.26. The maximum absolute atomic E-state index is 4.40. The van der Waals surface area contributed by atoms with E-state index >= 15 is 0 Å². The van der Waals surface area contributed by atoms with E-state index in [1.807, 2.05) is 10.9 Å². The molecule has 0 aliphatic rings. The minimum Gasteiger partial charge on any atom is -0.241 e. The van der Waals surface area contributed by atoms with Crippen LogP contribution in [0.25, 0.3) is 5.69 Å². The number of nitrogens with zero attached hydrogens (tertiary/aromatic N) is 2. The van der Waals surface area contributed by atoms with E-state index < -0.39 is 0 Å². The van der Waals surface area contributed by atoms with Crippen molar-refractivity contribution in [2.75, 3.05) is 0 Å². The molecule has 16 heavy (non-hydrogen) atoms. The highest BCUT2D eigenvalue weighted by Crippen LogP contribution is 2.22. The molecule has 0 bridgehead atoms. The van der Waals surface area contributed by atoms with Crippen LogP contribution in [0, 0.1) is 6.92 Å². The van der Waals surface area contributed by atoms with Crippen LogP contribution in [-0.2, 0) is 5.41 Å². The lowest BCUT2D eigenvalue weighted by Crippen LogP contribution is -2.09. The van der Waals surface area contributed by atoms with Crippen molar-refractivity contribution < 1.29 is 0 Å². The molecule has 0 saturated heterocycles. The largest absolute Gasteiger partial charge is 0.241 e. The van der Waals surface area contributed by atoms with Crippen LogP contribution >= 0.6 is 0 Å². The molecule has 0 atom stereocenters. The maximum Gasteiger partial charge on any atom is 0.0645 e. The van der Waals surface area contributed by atoms with Gasteiger partial charge in [-0.2, -0.15) is 5.10 Å². The van der Waals surface area contributed by atoms with E-state index in [0.29, 0.717) is 0 Å². The minimum absolute atomic E-state index is 0.156. The van der Waals surface area contributed by atoms with Crippen LogP contribution < -0.4 is 0 Å². The van der Waals surface area contributed by atoms with Gasteiger partial charge < -0.3 is 0 Å². The highest BCUT2D eigenvalue weighted by atomic mass is 15.3. The van der Waals surface area contributed by atoms with Crippen LogP contribution in [0.1, 0.15) is 31.9 Å². The number of aromatic nitrogens is 2. The van der Waals surface area contributed by atoms with E-state index in [-0.39, 0.29) is 5.41 Å². The lowest BCUT2D eigenvalue weighted by atomic mass is 9.90. The lowest BCUT2D eigenvalue weighted by molar-refractivity contribution is 0.590. The fraction of sp³-hybridized carbons (Fsp3) is 0.357. The molecule has 0 unspecified atom stereocenters. The summed E-state index contributed by atoms with van der Waals surface area (Å²) in [4.78, 5) is 0. The van der Waals surface area contributed by atoms with Gasteiger partial charge in [0.2, 0.25) is 0 Å². The summed E-state index contributed by atoms with van der Waals surface area (Å²) in [5.41, 5.74) is 3.80. The Morgan fingerprint density at radius 3 is 2.19 bits per heavy atom. The highest BCUT2D eigenvalue weighted by Gasteiger charge is 2.15.